The highest BCUT2D eigenvalue weighted by Gasteiger charge is 2.25. The van der Waals surface area contributed by atoms with E-state index in [4.69, 9.17) is 4.74 Å². The Morgan fingerprint density at radius 3 is 2.64 bits per heavy atom. The molecule has 0 aliphatic carbocycles. The summed E-state index contributed by atoms with van der Waals surface area (Å²) in [6.07, 6.45) is 2.67. The molecule has 3 aromatic heterocycles. The summed E-state index contributed by atoms with van der Waals surface area (Å²) in [6, 6.07) is 11.7. The van der Waals surface area contributed by atoms with Crippen LogP contribution in [0.25, 0.3) is 16.8 Å². The second-order valence-corrected chi connectivity index (χ2v) is 8.81. The lowest BCUT2D eigenvalue weighted by Gasteiger charge is -2.09. The monoisotopic (exact) mass is 465 g/mol. The first-order chi connectivity index (χ1) is 15.9. The van der Waals surface area contributed by atoms with E-state index < -0.39 is 5.97 Å². The van der Waals surface area contributed by atoms with Crippen LogP contribution in [0.15, 0.2) is 48.7 Å². The third-order valence-electron chi connectivity index (χ3n) is 5.37. The van der Waals surface area contributed by atoms with Crippen LogP contribution in [0, 0.1) is 19.7 Å². The number of nitrogens with zero attached hydrogens (tertiary/aromatic N) is 2. The van der Waals surface area contributed by atoms with Gasteiger partial charge < -0.3 is 14.5 Å². The molecule has 1 aromatic carbocycles. The largest absolute Gasteiger partial charge is 0.462 e. The molecule has 0 unspecified atom stereocenters. The van der Waals surface area contributed by atoms with Gasteiger partial charge in [0.05, 0.1) is 12.3 Å². The predicted molar refractivity (Wildman–Crippen MR) is 127 cm³/mol. The molecule has 0 saturated carbocycles. The van der Waals surface area contributed by atoms with E-state index in [1.807, 2.05) is 42.6 Å². The lowest BCUT2D eigenvalue weighted by molar-refractivity contribution is -0.116. The Morgan fingerprint density at radius 1 is 1.15 bits per heavy atom. The average Bonchev–Trinajstić information content (AvgIpc) is 3.28. The van der Waals surface area contributed by atoms with Gasteiger partial charge >= 0.3 is 5.97 Å². The van der Waals surface area contributed by atoms with Crippen LogP contribution in [0.2, 0.25) is 0 Å². The van der Waals surface area contributed by atoms with Crippen molar-refractivity contribution >= 4 is 33.9 Å². The number of carbonyl (C=O) groups excluding carboxylic acids is 2. The van der Waals surface area contributed by atoms with Gasteiger partial charge in [-0.1, -0.05) is 18.2 Å². The molecule has 3 heterocycles. The summed E-state index contributed by atoms with van der Waals surface area (Å²) < 4.78 is 20.7. The van der Waals surface area contributed by atoms with Crippen molar-refractivity contribution < 1.29 is 18.7 Å². The number of fused-ring (bicyclic) bond motifs is 1. The third kappa shape index (κ3) is 4.66. The van der Waals surface area contributed by atoms with Crippen LogP contribution in [0.3, 0.4) is 0 Å². The summed E-state index contributed by atoms with van der Waals surface area (Å²) in [7, 11) is 0. The van der Waals surface area contributed by atoms with Crippen LogP contribution in [-0.4, -0.2) is 27.9 Å². The number of esters is 1. The first-order valence-corrected chi connectivity index (χ1v) is 11.5. The van der Waals surface area contributed by atoms with Crippen LogP contribution < -0.4 is 5.32 Å². The topological polar surface area (TPSA) is 72.7 Å². The van der Waals surface area contributed by atoms with Crippen molar-refractivity contribution in [3.63, 3.8) is 0 Å². The maximum atomic E-state index is 13.4. The molecule has 0 aliphatic heterocycles. The second-order valence-electron chi connectivity index (χ2n) is 7.59. The Hall–Kier alpha value is -3.52. The molecule has 0 atom stereocenters. The van der Waals surface area contributed by atoms with Crippen LogP contribution in [0.1, 0.15) is 40.0 Å². The van der Waals surface area contributed by atoms with E-state index in [1.165, 1.54) is 23.5 Å². The van der Waals surface area contributed by atoms with Gasteiger partial charge in [-0.2, -0.15) is 0 Å². The van der Waals surface area contributed by atoms with Crippen LogP contribution >= 0.6 is 11.3 Å². The third-order valence-corrected chi connectivity index (χ3v) is 6.39. The molecule has 0 fully saturated rings. The number of imidazole rings is 1. The van der Waals surface area contributed by atoms with E-state index in [9.17, 15) is 14.0 Å². The van der Waals surface area contributed by atoms with Gasteiger partial charge in [-0.15, -0.1) is 11.3 Å². The minimum atomic E-state index is -0.519. The number of thiophene rings is 1. The van der Waals surface area contributed by atoms with Gasteiger partial charge in [0.2, 0.25) is 5.91 Å². The van der Waals surface area contributed by atoms with Crippen molar-refractivity contribution in [2.45, 2.75) is 33.6 Å². The summed E-state index contributed by atoms with van der Waals surface area (Å²) in [5.74, 6) is -1.09. The maximum Gasteiger partial charge on any atom is 0.341 e. The number of benzene rings is 1. The fourth-order valence-corrected chi connectivity index (χ4v) is 4.96. The van der Waals surface area contributed by atoms with E-state index in [2.05, 4.69) is 10.3 Å². The highest BCUT2D eigenvalue weighted by atomic mass is 32.1. The van der Waals surface area contributed by atoms with Gasteiger partial charge in [0, 0.05) is 28.8 Å². The Morgan fingerprint density at radius 2 is 1.91 bits per heavy atom. The fraction of sp³-hybridized carbons (Fsp3) is 0.240. The number of hydrogen-bond acceptors (Lipinski definition) is 5. The number of ether oxygens (including phenoxy) is 1. The van der Waals surface area contributed by atoms with Crippen LogP contribution in [-0.2, 0) is 16.0 Å². The lowest BCUT2D eigenvalue weighted by Crippen LogP contribution is -2.15. The Kier molecular flexibility index (Phi) is 6.55. The van der Waals surface area contributed by atoms with Crippen molar-refractivity contribution in [3.8, 4) is 11.1 Å². The van der Waals surface area contributed by atoms with E-state index in [0.29, 0.717) is 28.1 Å². The van der Waals surface area contributed by atoms with Gasteiger partial charge in [-0.25, -0.2) is 14.2 Å². The molecule has 170 valence electrons. The second kappa shape index (κ2) is 9.54. The standard InChI is InChI=1S/C25H24FN3O3S/c1-4-32-25(31)23-22(17-8-10-18(26)11-9-17)16(3)33-24(23)28-21(30)13-12-19-15(2)27-20-7-5-6-14-29(19)20/h5-11,14H,4,12-13H2,1-3H3,(H,28,30). The zero-order valence-corrected chi connectivity index (χ0v) is 19.5. The quantitative estimate of drug-likeness (QED) is 0.362. The van der Waals surface area contributed by atoms with Gasteiger partial charge in [-0.05, 0) is 57.0 Å². The summed E-state index contributed by atoms with van der Waals surface area (Å²) in [6.45, 7) is 5.73. The highest BCUT2D eigenvalue weighted by molar-refractivity contribution is 7.17. The number of anilines is 1. The molecule has 1 amide bonds. The molecule has 4 rings (SSSR count). The summed E-state index contributed by atoms with van der Waals surface area (Å²) in [4.78, 5) is 31.0. The maximum absolute atomic E-state index is 13.4. The molecular weight excluding hydrogens is 441 g/mol. The molecular formula is C25H24FN3O3S. The molecule has 0 spiro atoms. The zero-order valence-electron chi connectivity index (χ0n) is 18.6. The number of rotatable bonds is 7. The Balaban J connectivity index is 1.59. The first kappa shape index (κ1) is 22.7. The Labute approximate surface area is 195 Å². The number of nitrogens with one attached hydrogen (secondary N) is 1. The lowest BCUT2D eigenvalue weighted by atomic mass is 10.0. The van der Waals surface area contributed by atoms with Gasteiger partial charge in [0.1, 0.15) is 22.0 Å². The van der Waals surface area contributed by atoms with E-state index in [1.54, 1.807) is 19.1 Å². The van der Waals surface area contributed by atoms with Gasteiger partial charge in [0.15, 0.2) is 0 Å². The summed E-state index contributed by atoms with van der Waals surface area (Å²) in [5, 5.41) is 3.33. The molecule has 33 heavy (non-hydrogen) atoms. The van der Waals surface area contributed by atoms with Gasteiger partial charge in [0.25, 0.3) is 0 Å². The van der Waals surface area contributed by atoms with Gasteiger partial charge in [-0.3, -0.25) is 4.79 Å². The predicted octanol–water partition coefficient (Wildman–Crippen LogP) is 5.57. The van der Waals surface area contributed by atoms with E-state index in [0.717, 1.165) is 21.9 Å². The smallest absolute Gasteiger partial charge is 0.341 e. The summed E-state index contributed by atoms with van der Waals surface area (Å²) >= 11 is 1.31. The number of pyridine rings is 1. The van der Waals surface area contributed by atoms with Crippen molar-refractivity contribution in [2.24, 2.45) is 0 Å². The van der Waals surface area contributed by atoms with Crippen molar-refractivity contribution in [1.82, 2.24) is 9.38 Å². The average molecular weight is 466 g/mol. The van der Waals surface area contributed by atoms with E-state index >= 15 is 0 Å². The summed E-state index contributed by atoms with van der Waals surface area (Å²) in [5.41, 5.74) is 4.33. The van der Waals surface area contributed by atoms with Crippen LogP contribution in [0.4, 0.5) is 9.39 Å². The first-order valence-electron chi connectivity index (χ1n) is 10.7. The number of hydrogen-bond donors (Lipinski definition) is 1. The molecule has 0 bridgehead atoms. The highest BCUT2D eigenvalue weighted by Crippen LogP contribution is 2.40. The molecule has 8 heteroatoms. The number of aromatic nitrogens is 2. The SMILES string of the molecule is CCOC(=O)c1c(NC(=O)CCc2c(C)nc3ccccn23)sc(C)c1-c1ccc(F)cc1. The minimum absolute atomic E-state index is 0.206. The zero-order chi connectivity index (χ0) is 23.5. The normalized spacial score (nSPS) is 11.0. The molecule has 0 radical (unpaired) electrons. The Bertz CT molecular complexity index is 1320. The molecule has 0 saturated heterocycles. The number of amides is 1. The van der Waals surface area contributed by atoms with Crippen molar-refractivity contribution in [3.05, 3.63) is 76.3 Å². The molecule has 0 aliphatic rings. The number of carbonyl (C=O) groups is 2. The van der Waals surface area contributed by atoms with Crippen molar-refractivity contribution in [1.29, 1.82) is 0 Å². The number of aryl methyl sites for hydroxylation is 3. The number of halogens is 1. The van der Waals surface area contributed by atoms with Crippen molar-refractivity contribution in [2.75, 3.05) is 11.9 Å². The molecule has 1 N–H and O–H groups in total. The fourth-order valence-electron chi connectivity index (χ4n) is 3.88. The minimum Gasteiger partial charge on any atom is -0.462 e. The molecule has 6 nitrogen and oxygen atoms in total. The molecule has 4 aromatic rings. The van der Waals surface area contributed by atoms with E-state index in [-0.39, 0.29) is 24.8 Å². The van der Waals surface area contributed by atoms with Crippen LogP contribution in [0.5, 0.6) is 0 Å².